The van der Waals surface area contributed by atoms with E-state index in [2.05, 4.69) is 115 Å². The van der Waals surface area contributed by atoms with Gasteiger partial charge in [0.25, 0.3) is 0 Å². The topological polar surface area (TPSA) is 73.4 Å². The minimum Gasteiger partial charge on any atom is -0.254 e. The SMILES string of the molecule is N#Cc1ccc(-c2ccc(-c3ccc(-c4ccc(-c5cc6cc7ccc(C#N)cc7nc6c6ncccc56)cc4)c4ccccc34)cc2)cc1. The highest BCUT2D eigenvalue weighted by molar-refractivity contribution is 6.12. The Hall–Kier alpha value is -7.14. The van der Waals surface area contributed by atoms with Gasteiger partial charge in [0, 0.05) is 22.4 Å². The highest BCUT2D eigenvalue weighted by Crippen LogP contribution is 2.39. The molecule has 0 spiro atoms. The number of aromatic nitrogens is 2. The first-order valence-corrected chi connectivity index (χ1v) is 16.4. The first-order chi connectivity index (χ1) is 24.7. The molecule has 0 aliphatic rings. The third-order valence-corrected chi connectivity index (χ3v) is 9.57. The number of benzene rings is 7. The third kappa shape index (κ3) is 4.92. The van der Waals surface area contributed by atoms with Crippen molar-refractivity contribution in [3.05, 3.63) is 169 Å². The summed E-state index contributed by atoms with van der Waals surface area (Å²) in [6.45, 7) is 0. The van der Waals surface area contributed by atoms with E-state index in [1.807, 2.05) is 54.7 Å². The molecule has 2 heterocycles. The van der Waals surface area contributed by atoms with Gasteiger partial charge in [0.1, 0.15) is 0 Å². The fraction of sp³-hybridized carbons (Fsp3) is 0. The fourth-order valence-electron chi connectivity index (χ4n) is 7.05. The maximum atomic E-state index is 9.40. The average Bonchev–Trinajstić information content (AvgIpc) is 3.19. The molecule has 0 unspecified atom stereocenters. The van der Waals surface area contributed by atoms with Crippen LogP contribution in [0.15, 0.2) is 158 Å². The lowest BCUT2D eigenvalue weighted by atomic mass is 9.90. The van der Waals surface area contributed by atoms with E-state index in [4.69, 9.17) is 15.2 Å². The standard InChI is InChI=1S/C46H26N4/c47-27-29-7-10-31(11-8-29)32-13-15-33(16-14-32)38-21-22-39(41-5-2-1-4-40(38)41)34-17-19-35(20-18-34)43-26-37-25-36-12-9-30(28-48)24-44(36)50-45(37)46-42(43)6-3-23-49-46/h1-26H. The molecule has 0 saturated heterocycles. The third-order valence-electron chi connectivity index (χ3n) is 9.57. The smallest absolute Gasteiger partial charge is 0.0992 e. The molecule has 0 atom stereocenters. The summed E-state index contributed by atoms with van der Waals surface area (Å²) in [4.78, 5) is 9.73. The van der Waals surface area contributed by atoms with Gasteiger partial charge in [-0.05, 0) is 97.7 Å². The van der Waals surface area contributed by atoms with Crippen LogP contribution in [-0.4, -0.2) is 9.97 Å². The maximum absolute atomic E-state index is 9.40. The first kappa shape index (κ1) is 29.0. The normalized spacial score (nSPS) is 11.2. The summed E-state index contributed by atoms with van der Waals surface area (Å²) in [6.07, 6.45) is 1.81. The number of rotatable bonds is 4. The van der Waals surface area contributed by atoms with Gasteiger partial charge in [0.2, 0.25) is 0 Å². The highest BCUT2D eigenvalue weighted by Gasteiger charge is 2.14. The Morgan fingerprint density at radius 1 is 0.400 bits per heavy atom. The van der Waals surface area contributed by atoms with Gasteiger partial charge in [0.05, 0.1) is 39.8 Å². The van der Waals surface area contributed by atoms with Gasteiger partial charge in [-0.1, -0.05) is 109 Å². The van der Waals surface area contributed by atoms with Crippen LogP contribution in [0.25, 0.3) is 88.0 Å². The Morgan fingerprint density at radius 3 is 1.56 bits per heavy atom. The fourth-order valence-corrected chi connectivity index (χ4v) is 7.05. The summed E-state index contributed by atoms with van der Waals surface area (Å²) in [5, 5.41) is 24.0. The van der Waals surface area contributed by atoms with Gasteiger partial charge >= 0.3 is 0 Å². The molecule has 50 heavy (non-hydrogen) atoms. The molecule has 0 aliphatic carbocycles. The van der Waals surface area contributed by atoms with Crippen LogP contribution in [0.1, 0.15) is 11.1 Å². The van der Waals surface area contributed by atoms with Crippen molar-refractivity contribution in [3.63, 3.8) is 0 Å². The van der Waals surface area contributed by atoms with E-state index in [0.717, 1.165) is 66.1 Å². The van der Waals surface area contributed by atoms with Crippen molar-refractivity contribution in [3.8, 4) is 56.6 Å². The number of hydrogen-bond acceptors (Lipinski definition) is 4. The van der Waals surface area contributed by atoms with Crippen LogP contribution in [0, 0.1) is 22.7 Å². The molecule has 0 N–H and O–H groups in total. The van der Waals surface area contributed by atoms with Crippen molar-refractivity contribution in [1.82, 2.24) is 9.97 Å². The van der Waals surface area contributed by atoms with E-state index < -0.39 is 0 Å². The van der Waals surface area contributed by atoms with Crippen molar-refractivity contribution in [2.24, 2.45) is 0 Å². The van der Waals surface area contributed by atoms with Crippen LogP contribution in [0.4, 0.5) is 0 Å². The Kier molecular flexibility index (Phi) is 6.87. The van der Waals surface area contributed by atoms with Crippen molar-refractivity contribution >= 4 is 43.5 Å². The second kappa shape index (κ2) is 11.8. The maximum Gasteiger partial charge on any atom is 0.0992 e. The highest BCUT2D eigenvalue weighted by atomic mass is 14.7. The summed E-state index contributed by atoms with van der Waals surface area (Å²) in [5.74, 6) is 0. The van der Waals surface area contributed by atoms with E-state index >= 15 is 0 Å². The van der Waals surface area contributed by atoms with E-state index in [1.54, 1.807) is 0 Å². The molecule has 4 heteroatoms. The minimum atomic E-state index is 0.593. The molecule has 0 fully saturated rings. The van der Waals surface area contributed by atoms with E-state index in [9.17, 15) is 5.26 Å². The Balaban J connectivity index is 1.09. The van der Waals surface area contributed by atoms with Gasteiger partial charge in [-0.3, -0.25) is 4.98 Å². The summed E-state index contributed by atoms with van der Waals surface area (Å²) < 4.78 is 0. The second-order valence-electron chi connectivity index (χ2n) is 12.5. The first-order valence-electron chi connectivity index (χ1n) is 16.4. The van der Waals surface area contributed by atoms with Crippen LogP contribution >= 0.6 is 0 Å². The largest absolute Gasteiger partial charge is 0.254 e. The zero-order valence-electron chi connectivity index (χ0n) is 26.8. The number of nitrogens with zero attached hydrogens (tertiary/aromatic N) is 4. The zero-order valence-corrected chi connectivity index (χ0v) is 26.8. The van der Waals surface area contributed by atoms with Crippen LogP contribution in [0.5, 0.6) is 0 Å². The van der Waals surface area contributed by atoms with E-state index in [-0.39, 0.29) is 0 Å². The summed E-state index contributed by atoms with van der Waals surface area (Å²) in [7, 11) is 0. The summed E-state index contributed by atoms with van der Waals surface area (Å²) >= 11 is 0. The lowest BCUT2D eigenvalue weighted by Crippen LogP contribution is -1.91. The number of pyridine rings is 2. The zero-order chi connectivity index (χ0) is 33.6. The Morgan fingerprint density at radius 2 is 0.940 bits per heavy atom. The van der Waals surface area contributed by atoms with Gasteiger partial charge in [-0.2, -0.15) is 10.5 Å². The minimum absolute atomic E-state index is 0.593. The Bertz CT molecular complexity index is 2860. The van der Waals surface area contributed by atoms with Gasteiger partial charge in [0.15, 0.2) is 0 Å². The Labute approximate surface area is 288 Å². The summed E-state index contributed by atoms with van der Waals surface area (Å²) in [5.41, 5.74) is 12.8. The molecule has 9 rings (SSSR count). The number of hydrogen-bond donors (Lipinski definition) is 0. The van der Waals surface area contributed by atoms with E-state index in [0.29, 0.717) is 11.1 Å². The molecule has 0 bridgehead atoms. The molecule has 0 radical (unpaired) electrons. The molecule has 7 aromatic carbocycles. The predicted octanol–water partition coefficient (Wildman–Crippen LogP) is 11.5. The molecule has 0 saturated carbocycles. The molecule has 9 aromatic rings. The molecule has 0 amide bonds. The van der Waals surface area contributed by atoms with Gasteiger partial charge < -0.3 is 0 Å². The van der Waals surface area contributed by atoms with Crippen LogP contribution < -0.4 is 0 Å². The van der Waals surface area contributed by atoms with Gasteiger partial charge in [-0.15, -0.1) is 0 Å². The van der Waals surface area contributed by atoms with Crippen molar-refractivity contribution < 1.29 is 0 Å². The molecule has 230 valence electrons. The number of nitriles is 2. The van der Waals surface area contributed by atoms with Crippen LogP contribution in [0.3, 0.4) is 0 Å². The van der Waals surface area contributed by atoms with Crippen LogP contribution in [0.2, 0.25) is 0 Å². The average molecular weight is 635 g/mol. The van der Waals surface area contributed by atoms with E-state index in [1.165, 1.54) is 21.9 Å². The van der Waals surface area contributed by atoms with Crippen molar-refractivity contribution in [1.29, 1.82) is 10.5 Å². The molecular weight excluding hydrogens is 609 g/mol. The monoisotopic (exact) mass is 634 g/mol. The van der Waals surface area contributed by atoms with Crippen LogP contribution in [-0.2, 0) is 0 Å². The molecule has 0 aliphatic heterocycles. The quantitative estimate of drug-likeness (QED) is 0.143. The molecule has 4 nitrogen and oxygen atoms in total. The van der Waals surface area contributed by atoms with Crippen molar-refractivity contribution in [2.75, 3.05) is 0 Å². The lowest BCUT2D eigenvalue weighted by molar-refractivity contribution is 1.40. The summed E-state index contributed by atoms with van der Waals surface area (Å²) in [6, 6.07) is 56.6. The molecular formula is C46H26N4. The van der Waals surface area contributed by atoms with Crippen molar-refractivity contribution in [2.45, 2.75) is 0 Å². The second-order valence-corrected chi connectivity index (χ2v) is 12.5. The lowest BCUT2D eigenvalue weighted by Gasteiger charge is -2.14. The van der Waals surface area contributed by atoms with Gasteiger partial charge in [-0.25, -0.2) is 4.98 Å². The number of fused-ring (bicyclic) bond motifs is 5. The predicted molar refractivity (Wildman–Crippen MR) is 203 cm³/mol. The molecule has 2 aromatic heterocycles.